The van der Waals surface area contributed by atoms with Crippen LogP contribution in [0.2, 0.25) is 10.0 Å². The van der Waals surface area contributed by atoms with Crippen molar-refractivity contribution in [2.45, 2.75) is 24.4 Å². The Hall–Kier alpha value is -3.07. The third-order valence-corrected chi connectivity index (χ3v) is 7.80. The number of anilines is 1. The van der Waals surface area contributed by atoms with Gasteiger partial charge < -0.3 is 10.2 Å². The van der Waals surface area contributed by atoms with Crippen molar-refractivity contribution in [1.29, 1.82) is 0 Å². The molecule has 2 amide bonds. The lowest BCUT2D eigenvalue weighted by molar-refractivity contribution is -0.139. The molecule has 0 heterocycles. The molecule has 184 valence electrons. The summed E-state index contributed by atoms with van der Waals surface area (Å²) in [7, 11) is -2.61. The number of halogens is 2. The number of sulfonamides is 1. The molecule has 0 spiro atoms. The van der Waals surface area contributed by atoms with Crippen LogP contribution in [0.5, 0.6) is 0 Å². The summed E-state index contributed by atoms with van der Waals surface area (Å²) in [6, 6.07) is 20.1. The molecular formula is C25H25Cl2N3O4S. The molecule has 1 atom stereocenters. The third-order valence-electron chi connectivity index (χ3n) is 5.42. The molecule has 0 fully saturated rings. The molecule has 3 aromatic rings. The quantitative estimate of drug-likeness (QED) is 0.442. The fourth-order valence-electron chi connectivity index (χ4n) is 3.47. The van der Waals surface area contributed by atoms with Gasteiger partial charge in [0.25, 0.3) is 10.0 Å². The molecule has 0 saturated heterocycles. The van der Waals surface area contributed by atoms with E-state index in [0.29, 0.717) is 21.3 Å². The SMILES string of the molecule is CNC(=O)[C@H](C)N(Cc1ccc(Cl)cc1Cl)C(=O)CN(c1ccccc1)S(=O)(=O)c1ccccc1. The van der Waals surface area contributed by atoms with Gasteiger partial charge in [0, 0.05) is 23.6 Å². The second-order valence-corrected chi connectivity index (χ2v) is 10.4. The molecule has 10 heteroatoms. The highest BCUT2D eigenvalue weighted by molar-refractivity contribution is 7.92. The highest BCUT2D eigenvalue weighted by Gasteiger charge is 2.32. The van der Waals surface area contributed by atoms with Gasteiger partial charge in [-0.25, -0.2) is 8.42 Å². The predicted octanol–water partition coefficient (Wildman–Crippen LogP) is 4.35. The number of benzene rings is 3. The van der Waals surface area contributed by atoms with Crippen molar-refractivity contribution in [2.24, 2.45) is 0 Å². The van der Waals surface area contributed by atoms with Gasteiger partial charge in [-0.3, -0.25) is 13.9 Å². The minimum Gasteiger partial charge on any atom is -0.357 e. The van der Waals surface area contributed by atoms with Crippen LogP contribution < -0.4 is 9.62 Å². The molecule has 0 aliphatic carbocycles. The average molecular weight is 534 g/mol. The second kappa shape index (κ2) is 11.6. The van der Waals surface area contributed by atoms with E-state index in [4.69, 9.17) is 23.2 Å². The number of likely N-dealkylation sites (N-methyl/N-ethyl adjacent to an activating group) is 1. The van der Waals surface area contributed by atoms with E-state index >= 15 is 0 Å². The Kier molecular flexibility index (Phi) is 8.77. The van der Waals surface area contributed by atoms with E-state index in [0.717, 1.165) is 4.31 Å². The Morgan fingerprint density at radius 2 is 1.54 bits per heavy atom. The first-order valence-electron chi connectivity index (χ1n) is 10.7. The summed E-state index contributed by atoms with van der Waals surface area (Å²) in [5, 5.41) is 3.29. The van der Waals surface area contributed by atoms with Gasteiger partial charge >= 0.3 is 0 Å². The van der Waals surface area contributed by atoms with E-state index in [1.54, 1.807) is 73.7 Å². The number of rotatable bonds is 9. The molecule has 0 bridgehead atoms. The van der Waals surface area contributed by atoms with Crippen LogP contribution in [0, 0.1) is 0 Å². The molecule has 0 aliphatic heterocycles. The predicted molar refractivity (Wildman–Crippen MR) is 138 cm³/mol. The van der Waals surface area contributed by atoms with Crippen molar-refractivity contribution < 1.29 is 18.0 Å². The van der Waals surface area contributed by atoms with Crippen LogP contribution in [0.3, 0.4) is 0 Å². The van der Waals surface area contributed by atoms with E-state index in [9.17, 15) is 18.0 Å². The number of carbonyl (C=O) groups is 2. The average Bonchev–Trinajstić information content (AvgIpc) is 2.86. The minimum atomic E-state index is -4.08. The molecule has 0 radical (unpaired) electrons. The molecular weight excluding hydrogens is 509 g/mol. The fourth-order valence-corrected chi connectivity index (χ4v) is 5.37. The molecule has 3 rings (SSSR count). The number of amides is 2. The van der Waals surface area contributed by atoms with Crippen LogP contribution in [-0.2, 0) is 26.2 Å². The van der Waals surface area contributed by atoms with Crippen LogP contribution in [0.1, 0.15) is 12.5 Å². The first-order valence-corrected chi connectivity index (χ1v) is 12.9. The smallest absolute Gasteiger partial charge is 0.264 e. The van der Waals surface area contributed by atoms with E-state index in [1.807, 2.05) is 0 Å². The number of nitrogens with one attached hydrogen (secondary N) is 1. The van der Waals surface area contributed by atoms with Crippen LogP contribution in [0.4, 0.5) is 5.69 Å². The van der Waals surface area contributed by atoms with Crippen LogP contribution in [0.15, 0.2) is 83.8 Å². The lowest BCUT2D eigenvalue weighted by atomic mass is 10.1. The number of carbonyl (C=O) groups excluding carboxylic acids is 2. The Labute approximate surface area is 215 Å². The highest BCUT2D eigenvalue weighted by Crippen LogP contribution is 2.26. The van der Waals surface area contributed by atoms with Crippen molar-refractivity contribution in [3.8, 4) is 0 Å². The minimum absolute atomic E-state index is 0.0164. The summed E-state index contributed by atoms with van der Waals surface area (Å²) >= 11 is 12.3. The molecule has 35 heavy (non-hydrogen) atoms. The Morgan fingerprint density at radius 1 is 0.943 bits per heavy atom. The number of nitrogens with zero attached hydrogens (tertiary/aromatic N) is 2. The molecule has 0 unspecified atom stereocenters. The zero-order chi connectivity index (χ0) is 25.6. The Morgan fingerprint density at radius 3 is 2.11 bits per heavy atom. The first-order chi connectivity index (χ1) is 16.6. The van der Waals surface area contributed by atoms with Crippen molar-refractivity contribution >= 4 is 50.7 Å². The zero-order valence-electron chi connectivity index (χ0n) is 19.2. The highest BCUT2D eigenvalue weighted by atomic mass is 35.5. The van der Waals surface area contributed by atoms with Gasteiger partial charge in [0.2, 0.25) is 11.8 Å². The lowest BCUT2D eigenvalue weighted by Gasteiger charge is -2.32. The van der Waals surface area contributed by atoms with Crippen LogP contribution >= 0.6 is 23.2 Å². The summed E-state index contributed by atoms with van der Waals surface area (Å²) in [6.07, 6.45) is 0. The maximum absolute atomic E-state index is 13.6. The Balaban J connectivity index is 2.01. The summed E-state index contributed by atoms with van der Waals surface area (Å²) in [5.41, 5.74) is 0.888. The van der Waals surface area contributed by atoms with Gasteiger partial charge in [-0.05, 0) is 48.9 Å². The normalized spacial score (nSPS) is 12.0. The van der Waals surface area contributed by atoms with Crippen molar-refractivity contribution in [3.05, 3.63) is 94.5 Å². The van der Waals surface area contributed by atoms with Gasteiger partial charge in [-0.2, -0.15) is 0 Å². The summed E-state index contributed by atoms with van der Waals surface area (Å²) in [4.78, 5) is 27.4. The van der Waals surface area contributed by atoms with E-state index in [-0.39, 0.29) is 11.4 Å². The number of para-hydroxylation sites is 1. The van der Waals surface area contributed by atoms with Crippen molar-refractivity contribution in [2.75, 3.05) is 17.9 Å². The zero-order valence-corrected chi connectivity index (χ0v) is 21.5. The van der Waals surface area contributed by atoms with Crippen LogP contribution in [0.25, 0.3) is 0 Å². The maximum Gasteiger partial charge on any atom is 0.264 e. The third kappa shape index (κ3) is 6.33. The lowest BCUT2D eigenvalue weighted by Crippen LogP contribution is -2.50. The van der Waals surface area contributed by atoms with Crippen molar-refractivity contribution in [1.82, 2.24) is 10.2 Å². The maximum atomic E-state index is 13.6. The van der Waals surface area contributed by atoms with Gasteiger partial charge in [0.15, 0.2) is 0 Å². The summed E-state index contributed by atoms with van der Waals surface area (Å²) in [6.45, 7) is 1.03. The second-order valence-electron chi connectivity index (χ2n) is 7.71. The van der Waals surface area contributed by atoms with Gasteiger partial charge in [0.05, 0.1) is 10.6 Å². The fraction of sp³-hybridized carbons (Fsp3) is 0.200. The molecule has 0 saturated carbocycles. The monoisotopic (exact) mass is 533 g/mol. The van der Waals surface area contributed by atoms with Gasteiger partial charge in [-0.15, -0.1) is 0 Å². The summed E-state index contributed by atoms with van der Waals surface area (Å²) in [5.74, 6) is -0.976. The first kappa shape index (κ1) is 26.5. The van der Waals surface area contributed by atoms with E-state index in [2.05, 4.69) is 5.32 Å². The largest absolute Gasteiger partial charge is 0.357 e. The van der Waals surface area contributed by atoms with Crippen LogP contribution in [-0.4, -0.2) is 44.8 Å². The molecule has 7 nitrogen and oxygen atoms in total. The Bertz CT molecular complexity index is 1290. The summed E-state index contributed by atoms with van der Waals surface area (Å²) < 4.78 is 28.1. The molecule has 0 aliphatic rings. The van der Waals surface area contributed by atoms with E-state index in [1.165, 1.54) is 24.1 Å². The van der Waals surface area contributed by atoms with Gasteiger partial charge in [-0.1, -0.05) is 65.7 Å². The standard InChI is InChI=1S/C25H25Cl2N3O4S/c1-18(25(32)28-2)29(16-19-13-14-20(26)15-23(19)27)24(31)17-30(21-9-5-3-6-10-21)35(33,34)22-11-7-4-8-12-22/h3-15,18H,16-17H2,1-2H3,(H,28,32)/t18-/m0/s1. The number of hydrogen-bond acceptors (Lipinski definition) is 4. The van der Waals surface area contributed by atoms with E-state index < -0.39 is 34.4 Å². The molecule has 1 N–H and O–H groups in total. The topological polar surface area (TPSA) is 86.8 Å². The molecule has 3 aromatic carbocycles. The van der Waals surface area contributed by atoms with Crippen molar-refractivity contribution in [3.63, 3.8) is 0 Å². The number of hydrogen-bond donors (Lipinski definition) is 1. The molecule has 0 aromatic heterocycles. The van der Waals surface area contributed by atoms with Gasteiger partial charge in [0.1, 0.15) is 12.6 Å².